The molecule has 0 saturated carbocycles. The fourth-order valence-corrected chi connectivity index (χ4v) is 3.73. The molecular formula is C18H19F3N2O4S. The number of carbonyl (C=O) groups excluding carboxylic acids is 1. The first kappa shape index (κ1) is 21.7. The molecule has 1 atom stereocenters. The molecule has 152 valence electrons. The minimum absolute atomic E-state index is 0.0962. The van der Waals surface area contributed by atoms with Crippen molar-refractivity contribution in [2.24, 2.45) is 0 Å². The Bertz CT molecular complexity index is 903. The Kier molecular flexibility index (Phi) is 7.03. The van der Waals surface area contributed by atoms with Crippen molar-refractivity contribution < 1.29 is 31.1 Å². The van der Waals surface area contributed by atoms with Crippen LogP contribution in [-0.2, 0) is 21.0 Å². The molecule has 1 amide bonds. The zero-order valence-electron chi connectivity index (χ0n) is 14.9. The molecule has 0 aromatic heterocycles. The van der Waals surface area contributed by atoms with Gasteiger partial charge >= 0.3 is 6.18 Å². The zero-order valence-corrected chi connectivity index (χ0v) is 15.7. The average Bonchev–Trinajstić information content (AvgIpc) is 2.65. The highest BCUT2D eigenvalue weighted by Crippen LogP contribution is 2.33. The minimum atomic E-state index is -4.84. The van der Waals surface area contributed by atoms with Gasteiger partial charge in [0.15, 0.2) is 0 Å². The second-order valence-electron chi connectivity index (χ2n) is 5.79. The van der Waals surface area contributed by atoms with E-state index in [2.05, 4.69) is 5.32 Å². The van der Waals surface area contributed by atoms with Crippen LogP contribution in [0.25, 0.3) is 0 Å². The van der Waals surface area contributed by atoms with Gasteiger partial charge in [-0.3, -0.25) is 4.79 Å². The lowest BCUT2D eigenvalue weighted by Crippen LogP contribution is -2.45. The van der Waals surface area contributed by atoms with Crippen LogP contribution in [0.5, 0.6) is 5.75 Å². The molecule has 0 spiro atoms. The number of hydrogen-bond acceptors (Lipinski definition) is 4. The number of nitrogens with one attached hydrogen (secondary N) is 2. The number of alkyl halides is 3. The molecule has 2 aromatic rings. The number of para-hydroxylation sites is 1. The van der Waals surface area contributed by atoms with Crippen LogP contribution in [-0.4, -0.2) is 33.5 Å². The first-order valence-electron chi connectivity index (χ1n) is 8.25. The number of sulfonamides is 1. The van der Waals surface area contributed by atoms with Crippen molar-refractivity contribution in [1.82, 2.24) is 10.0 Å². The molecule has 2 aromatic carbocycles. The van der Waals surface area contributed by atoms with E-state index < -0.39 is 38.6 Å². The molecule has 10 heteroatoms. The number of rotatable bonds is 8. The predicted octanol–water partition coefficient (Wildman–Crippen LogP) is 2.57. The largest absolute Gasteiger partial charge is 0.492 e. The Morgan fingerprint density at radius 1 is 1.07 bits per heavy atom. The highest BCUT2D eigenvalue weighted by atomic mass is 32.2. The van der Waals surface area contributed by atoms with Gasteiger partial charge in [-0.15, -0.1) is 0 Å². The Balaban J connectivity index is 1.94. The first-order chi connectivity index (χ1) is 13.1. The van der Waals surface area contributed by atoms with Crippen LogP contribution in [0.3, 0.4) is 0 Å². The zero-order chi connectivity index (χ0) is 20.8. The summed E-state index contributed by atoms with van der Waals surface area (Å²) in [7, 11) is -4.55. The van der Waals surface area contributed by atoms with Crippen LogP contribution >= 0.6 is 0 Å². The summed E-state index contributed by atoms with van der Waals surface area (Å²) in [6, 6.07) is 11.3. The molecule has 0 fully saturated rings. The Hall–Kier alpha value is -2.59. The van der Waals surface area contributed by atoms with E-state index in [1.54, 1.807) is 24.3 Å². The summed E-state index contributed by atoms with van der Waals surface area (Å²) in [4.78, 5) is 11.1. The maximum absolute atomic E-state index is 13.0. The van der Waals surface area contributed by atoms with Crippen molar-refractivity contribution in [1.29, 1.82) is 0 Å². The van der Waals surface area contributed by atoms with Crippen molar-refractivity contribution >= 4 is 15.9 Å². The molecule has 2 rings (SSSR count). The van der Waals surface area contributed by atoms with Gasteiger partial charge in [-0.05, 0) is 31.2 Å². The second kappa shape index (κ2) is 9.07. The van der Waals surface area contributed by atoms with Crippen LogP contribution in [0.2, 0.25) is 0 Å². The van der Waals surface area contributed by atoms with Crippen LogP contribution in [0.15, 0.2) is 59.5 Å². The Morgan fingerprint density at radius 3 is 2.32 bits per heavy atom. The van der Waals surface area contributed by atoms with Gasteiger partial charge in [0, 0.05) is 0 Å². The standard InChI is InChI=1S/C18H19F3N2O4S/c1-13(17(24)22-11-12-27-14-7-3-2-4-8-14)23-28(25,26)16-10-6-5-9-15(16)18(19,20)21/h2-10,13,23H,11-12H2,1H3,(H,22,24)/t13-/m0/s1. The predicted molar refractivity (Wildman–Crippen MR) is 96.2 cm³/mol. The average molecular weight is 416 g/mol. The number of halogens is 3. The van der Waals surface area contributed by atoms with Crippen LogP contribution in [0.4, 0.5) is 13.2 Å². The van der Waals surface area contributed by atoms with Gasteiger partial charge in [0.05, 0.1) is 23.0 Å². The summed E-state index contributed by atoms with van der Waals surface area (Å²) >= 11 is 0. The molecule has 0 aliphatic heterocycles. The van der Waals surface area contributed by atoms with Gasteiger partial charge in [-0.1, -0.05) is 30.3 Å². The maximum atomic E-state index is 13.0. The van der Waals surface area contributed by atoms with E-state index in [1.165, 1.54) is 13.0 Å². The third-order valence-electron chi connectivity index (χ3n) is 3.62. The number of ether oxygens (including phenoxy) is 1. The lowest BCUT2D eigenvalue weighted by atomic mass is 10.2. The number of hydrogen-bond donors (Lipinski definition) is 2. The topological polar surface area (TPSA) is 84.5 Å². The van der Waals surface area contributed by atoms with Gasteiger partial charge < -0.3 is 10.1 Å². The van der Waals surface area contributed by atoms with E-state index in [1.807, 2.05) is 10.8 Å². The molecule has 0 unspecified atom stereocenters. The van der Waals surface area contributed by atoms with E-state index in [9.17, 15) is 26.4 Å². The van der Waals surface area contributed by atoms with Gasteiger partial charge in [-0.2, -0.15) is 17.9 Å². The smallest absolute Gasteiger partial charge is 0.417 e. The molecule has 0 aliphatic rings. The van der Waals surface area contributed by atoms with E-state index in [0.29, 0.717) is 11.8 Å². The van der Waals surface area contributed by atoms with E-state index in [-0.39, 0.29) is 13.2 Å². The number of benzene rings is 2. The molecule has 0 radical (unpaired) electrons. The summed E-state index contributed by atoms with van der Waals surface area (Å²) < 4.78 is 71.1. The monoisotopic (exact) mass is 416 g/mol. The van der Waals surface area contributed by atoms with Gasteiger partial charge in [0.25, 0.3) is 0 Å². The molecule has 0 aliphatic carbocycles. The van der Waals surface area contributed by atoms with Crippen molar-refractivity contribution in [3.8, 4) is 5.75 Å². The summed E-state index contributed by atoms with van der Waals surface area (Å²) in [6.45, 7) is 1.48. The number of carbonyl (C=O) groups is 1. The van der Waals surface area contributed by atoms with Crippen LogP contribution < -0.4 is 14.8 Å². The SMILES string of the molecule is C[C@H](NS(=O)(=O)c1ccccc1C(F)(F)F)C(=O)NCCOc1ccccc1. The van der Waals surface area contributed by atoms with Gasteiger partial charge in [-0.25, -0.2) is 8.42 Å². The van der Waals surface area contributed by atoms with Crippen molar-refractivity contribution in [2.45, 2.75) is 24.0 Å². The third-order valence-corrected chi connectivity index (χ3v) is 5.22. The molecular weight excluding hydrogens is 397 g/mol. The van der Waals surface area contributed by atoms with E-state index in [0.717, 1.165) is 12.1 Å². The summed E-state index contributed by atoms with van der Waals surface area (Å²) in [6.07, 6.45) is -4.84. The maximum Gasteiger partial charge on any atom is 0.417 e. The van der Waals surface area contributed by atoms with Crippen LogP contribution in [0.1, 0.15) is 12.5 Å². The lowest BCUT2D eigenvalue weighted by molar-refractivity contribution is -0.139. The molecule has 2 N–H and O–H groups in total. The number of amides is 1. The van der Waals surface area contributed by atoms with E-state index >= 15 is 0 Å². The molecule has 0 saturated heterocycles. The Morgan fingerprint density at radius 2 is 1.68 bits per heavy atom. The minimum Gasteiger partial charge on any atom is -0.492 e. The fourth-order valence-electron chi connectivity index (χ4n) is 2.30. The third kappa shape index (κ3) is 5.96. The molecule has 6 nitrogen and oxygen atoms in total. The molecule has 28 heavy (non-hydrogen) atoms. The van der Waals surface area contributed by atoms with Gasteiger partial charge in [0.1, 0.15) is 12.4 Å². The molecule has 0 heterocycles. The van der Waals surface area contributed by atoms with Crippen LogP contribution in [0, 0.1) is 0 Å². The van der Waals surface area contributed by atoms with Gasteiger partial charge in [0.2, 0.25) is 15.9 Å². The molecule has 0 bridgehead atoms. The summed E-state index contributed by atoms with van der Waals surface area (Å²) in [5.41, 5.74) is -1.30. The fraction of sp³-hybridized carbons (Fsp3) is 0.278. The highest BCUT2D eigenvalue weighted by Gasteiger charge is 2.37. The highest BCUT2D eigenvalue weighted by molar-refractivity contribution is 7.89. The van der Waals surface area contributed by atoms with Crippen molar-refractivity contribution in [3.05, 3.63) is 60.2 Å². The van der Waals surface area contributed by atoms with E-state index in [4.69, 9.17) is 4.74 Å². The first-order valence-corrected chi connectivity index (χ1v) is 9.73. The Labute approximate surface area is 160 Å². The van der Waals surface area contributed by atoms with Crippen molar-refractivity contribution in [3.63, 3.8) is 0 Å². The second-order valence-corrected chi connectivity index (χ2v) is 7.47. The summed E-state index contributed by atoms with van der Waals surface area (Å²) in [5, 5.41) is 2.46. The van der Waals surface area contributed by atoms with Crippen molar-refractivity contribution in [2.75, 3.05) is 13.2 Å². The quantitative estimate of drug-likeness (QED) is 0.648. The summed E-state index contributed by atoms with van der Waals surface area (Å²) in [5.74, 6) is -0.0843. The normalized spacial score (nSPS) is 13.0. The lowest BCUT2D eigenvalue weighted by Gasteiger charge is -2.17.